The molecule has 0 atom stereocenters. The summed E-state index contributed by atoms with van der Waals surface area (Å²) < 4.78 is 2.14. The molecule has 4 rings (SSSR count). The van der Waals surface area contributed by atoms with Crippen LogP contribution in [0, 0.1) is 0 Å². The summed E-state index contributed by atoms with van der Waals surface area (Å²) in [4.78, 5) is 15.7. The number of Topliss-reactive ketones (excluding diaryl/α,β-unsaturated/α-hetero) is 1. The van der Waals surface area contributed by atoms with E-state index in [2.05, 4.69) is 40.2 Å². The van der Waals surface area contributed by atoms with Crippen molar-refractivity contribution in [3.63, 3.8) is 0 Å². The molecule has 0 radical (unpaired) electrons. The molecule has 1 nitrogen and oxygen atoms in total. The molecule has 0 bridgehead atoms. The molecule has 0 amide bonds. The number of thioether (sulfide) groups is 2. The van der Waals surface area contributed by atoms with Crippen LogP contribution in [0.4, 0.5) is 0 Å². The first kappa shape index (κ1) is 17.7. The first-order valence-corrected chi connectivity index (χ1v) is 10.7. The number of carbonyl (C=O) groups is 1. The molecule has 4 heteroatoms. The number of hydrogen-bond acceptors (Lipinski definition) is 3. The molecular weight excluding hydrogens is 424 g/mol. The molecule has 0 aliphatic carbocycles. The van der Waals surface area contributed by atoms with Crippen molar-refractivity contribution in [1.82, 2.24) is 0 Å². The van der Waals surface area contributed by atoms with Crippen molar-refractivity contribution >= 4 is 45.2 Å². The fraction of sp³-hybridized carbons (Fsp3) is 0.0455. The van der Waals surface area contributed by atoms with Crippen molar-refractivity contribution in [3.8, 4) is 0 Å². The van der Waals surface area contributed by atoms with E-state index in [-0.39, 0.29) is 5.78 Å². The minimum atomic E-state index is 0.108. The Kier molecular flexibility index (Phi) is 5.34. The molecule has 0 saturated carbocycles. The molecule has 0 spiro atoms. The first-order chi connectivity index (χ1) is 12.7. The SMILES string of the molecule is O=C(/C(Cc1ccccc1)=C1/Sc2ccc(Br)cc2S1)c1ccccc1. The number of carbonyl (C=O) groups excluding carboxylic acids is 1. The standard InChI is InChI=1S/C22H15BrOS2/c23-17-11-12-19-20(14-17)26-22(25-19)18(13-15-7-3-1-4-8-15)21(24)16-9-5-2-6-10-16/h1-12,14H,13H2/b22-18-. The second-order valence-corrected chi connectivity index (χ2v) is 9.20. The number of hydrogen-bond donors (Lipinski definition) is 0. The summed E-state index contributed by atoms with van der Waals surface area (Å²) in [7, 11) is 0. The second kappa shape index (κ2) is 7.87. The zero-order chi connectivity index (χ0) is 17.9. The highest BCUT2D eigenvalue weighted by atomic mass is 79.9. The quantitative estimate of drug-likeness (QED) is 0.322. The lowest BCUT2D eigenvalue weighted by Gasteiger charge is -2.10. The summed E-state index contributed by atoms with van der Waals surface area (Å²) in [5, 5.41) is 0. The molecular formula is C22H15BrOS2. The number of allylic oxidation sites excluding steroid dienone is 1. The predicted molar refractivity (Wildman–Crippen MR) is 114 cm³/mol. The smallest absolute Gasteiger partial charge is 0.191 e. The van der Waals surface area contributed by atoms with Crippen LogP contribution in [-0.4, -0.2) is 5.78 Å². The van der Waals surface area contributed by atoms with Crippen LogP contribution < -0.4 is 0 Å². The van der Waals surface area contributed by atoms with E-state index < -0.39 is 0 Å². The third kappa shape index (κ3) is 3.83. The Hall–Kier alpha value is -1.75. The van der Waals surface area contributed by atoms with Gasteiger partial charge < -0.3 is 0 Å². The van der Waals surface area contributed by atoms with Gasteiger partial charge in [-0.1, -0.05) is 100 Å². The molecule has 1 heterocycles. The third-order valence-electron chi connectivity index (χ3n) is 4.09. The van der Waals surface area contributed by atoms with Gasteiger partial charge in [0.1, 0.15) is 0 Å². The number of rotatable bonds is 4. The van der Waals surface area contributed by atoms with Crippen molar-refractivity contribution in [1.29, 1.82) is 0 Å². The fourth-order valence-corrected chi connectivity index (χ4v) is 5.89. The Balaban J connectivity index is 1.75. The number of fused-ring (bicyclic) bond motifs is 1. The van der Waals surface area contributed by atoms with Crippen LogP contribution in [0.15, 0.2) is 103 Å². The highest BCUT2D eigenvalue weighted by Gasteiger charge is 2.25. The lowest BCUT2D eigenvalue weighted by atomic mass is 9.98. The van der Waals surface area contributed by atoms with Crippen molar-refractivity contribution in [2.45, 2.75) is 16.2 Å². The van der Waals surface area contributed by atoms with Crippen LogP contribution in [0.25, 0.3) is 0 Å². The van der Waals surface area contributed by atoms with E-state index in [4.69, 9.17) is 0 Å². The monoisotopic (exact) mass is 438 g/mol. The molecule has 0 N–H and O–H groups in total. The average Bonchev–Trinajstić information content (AvgIpc) is 3.10. The lowest BCUT2D eigenvalue weighted by molar-refractivity contribution is 0.103. The summed E-state index contributed by atoms with van der Waals surface area (Å²) in [6.07, 6.45) is 0.638. The minimum Gasteiger partial charge on any atom is -0.289 e. The van der Waals surface area contributed by atoms with Gasteiger partial charge in [0.25, 0.3) is 0 Å². The second-order valence-electron chi connectivity index (χ2n) is 5.92. The van der Waals surface area contributed by atoms with Crippen molar-refractivity contribution in [3.05, 3.63) is 104 Å². The van der Waals surface area contributed by atoms with E-state index in [9.17, 15) is 4.79 Å². The van der Waals surface area contributed by atoms with Gasteiger partial charge >= 0.3 is 0 Å². The number of ketones is 1. The predicted octanol–water partition coefficient (Wildman–Crippen LogP) is 6.98. The van der Waals surface area contributed by atoms with Crippen LogP contribution in [0.5, 0.6) is 0 Å². The van der Waals surface area contributed by atoms with Gasteiger partial charge in [-0.05, 0) is 23.8 Å². The summed E-state index contributed by atoms with van der Waals surface area (Å²) in [5.74, 6) is 0.108. The highest BCUT2D eigenvalue weighted by molar-refractivity contribution is 9.10. The van der Waals surface area contributed by atoms with E-state index in [0.29, 0.717) is 6.42 Å². The van der Waals surface area contributed by atoms with Gasteiger partial charge in [0.15, 0.2) is 5.78 Å². The molecule has 3 aromatic carbocycles. The molecule has 3 aromatic rings. The van der Waals surface area contributed by atoms with E-state index in [1.54, 1.807) is 23.5 Å². The van der Waals surface area contributed by atoms with Crippen molar-refractivity contribution in [2.75, 3.05) is 0 Å². The van der Waals surface area contributed by atoms with Gasteiger partial charge in [0.05, 0.1) is 4.24 Å². The lowest BCUT2D eigenvalue weighted by Crippen LogP contribution is -2.07. The third-order valence-corrected chi connectivity index (χ3v) is 7.21. The van der Waals surface area contributed by atoms with E-state index in [1.807, 2.05) is 54.6 Å². The van der Waals surface area contributed by atoms with Crippen molar-refractivity contribution in [2.24, 2.45) is 0 Å². The Morgan fingerprint density at radius 1 is 0.808 bits per heavy atom. The van der Waals surface area contributed by atoms with Gasteiger partial charge in [0.2, 0.25) is 0 Å². The summed E-state index contributed by atoms with van der Waals surface area (Å²) in [6.45, 7) is 0. The van der Waals surface area contributed by atoms with E-state index in [0.717, 1.165) is 25.4 Å². The largest absolute Gasteiger partial charge is 0.289 e. The van der Waals surface area contributed by atoms with Gasteiger partial charge in [-0.25, -0.2) is 0 Å². The number of benzene rings is 3. The zero-order valence-electron chi connectivity index (χ0n) is 13.8. The van der Waals surface area contributed by atoms with Crippen LogP contribution >= 0.6 is 39.5 Å². The highest BCUT2D eigenvalue weighted by Crippen LogP contribution is 2.53. The summed E-state index contributed by atoms with van der Waals surface area (Å²) in [5.41, 5.74) is 2.76. The molecule has 0 aromatic heterocycles. The first-order valence-electron chi connectivity index (χ1n) is 8.23. The van der Waals surface area contributed by atoms with Gasteiger partial charge in [0, 0.05) is 31.8 Å². The van der Waals surface area contributed by atoms with Crippen LogP contribution in [0.3, 0.4) is 0 Å². The fourth-order valence-electron chi connectivity index (χ4n) is 2.80. The molecule has 0 fully saturated rings. The summed E-state index contributed by atoms with van der Waals surface area (Å²) >= 11 is 6.92. The normalized spacial score (nSPS) is 14.8. The van der Waals surface area contributed by atoms with Crippen LogP contribution in [0.2, 0.25) is 0 Å². The maximum atomic E-state index is 13.3. The topological polar surface area (TPSA) is 17.1 Å². The van der Waals surface area contributed by atoms with E-state index >= 15 is 0 Å². The molecule has 26 heavy (non-hydrogen) atoms. The maximum Gasteiger partial charge on any atom is 0.191 e. The number of halogens is 1. The van der Waals surface area contributed by atoms with Crippen LogP contribution in [0.1, 0.15) is 15.9 Å². The van der Waals surface area contributed by atoms with Gasteiger partial charge in [-0.3, -0.25) is 4.79 Å². The summed E-state index contributed by atoms with van der Waals surface area (Å²) in [6, 6.07) is 26.0. The van der Waals surface area contributed by atoms with E-state index in [1.165, 1.54) is 9.79 Å². The van der Waals surface area contributed by atoms with Crippen molar-refractivity contribution < 1.29 is 4.79 Å². The Bertz CT molecular complexity index is 982. The molecule has 1 aliphatic rings. The van der Waals surface area contributed by atoms with Gasteiger partial charge in [-0.2, -0.15) is 0 Å². The Morgan fingerprint density at radius 2 is 1.46 bits per heavy atom. The van der Waals surface area contributed by atoms with Crippen LogP contribution in [-0.2, 0) is 6.42 Å². The Labute approximate surface area is 170 Å². The van der Waals surface area contributed by atoms with Gasteiger partial charge in [-0.15, -0.1) is 0 Å². The minimum absolute atomic E-state index is 0.108. The Morgan fingerprint density at radius 3 is 2.19 bits per heavy atom. The zero-order valence-corrected chi connectivity index (χ0v) is 17.0. The molecule has 128 valence electrons. The molecule has 0 unspecified atom stereocenters. The molecule has 0 saturated heterocycles. The molecule has 1 aliphatic heterocycles. The average molecular weight is 439 g/mol. The maximum absolute atomic E-state index is 13.3.